The molecule has 0 aromatic heterocycles. The van der Waals surface area contributed by atoms with Crippen LogP contribution in [0.15, 0.2) is 35.3 Å². The van der Waals surface area contributed by atoms with Crippen LogP contribution in [0.5, 0.6) is 0 Å². The van der Waals surface area contributed by atoms with Crippen LogP contribution in [0, 0.1) is 0 Å². The first-order chi connectivity index (χ1) is 12.3. The van der Waals surface area contributed by atoms with Crippen LogP contribution in [-0.4, -0.2) is 73.7 Å². The lowest BCUT2D eigenvalue weighted by Crippen LogP contribution is -2.57. The topological polar surface area (TPSA) is 60.0 Å². The summed E-state index contributed by atoms with van der Waals surface area (Å²) < 4.78 is 38.4. The van der Waals surface area contributed by atoms with Gasteiger partial charge in [0.2, 0.25) is 5.91 Å². The lowest BCUT2D eigenvalue weighted by Gasteiger charge is -2.39. The molecule has 2 rings (SSSR count). The van der Waals surface area contributed by atoms with Crippen LogP contribution in [0.1, 0.15) is 6.92 Å². The number of piperazine rings is 1. The van der Waals surface area contributed by atoms with Gasteiger partial charge in [-0.05, 0) is 19.1 Å². The van der Waals surface area contributed by atoms with Crippen LogP contribution in [0.3, 0.4) is 0 Å². The number of rotatable bonds is 4. The molecular formula is C17H25F3IN5O. The normalized spacial score (nSPS) is 17.1. The summed E-state index contributed by atoms with van der Waals surface area (Å²) in [5, 5.41) is 5.71. The van der Waals surface area contributed by atoms with Crippen molar-refractivity contribution >= 4 is 41.5 Å². The Bertz CT molecular complexity index is 619. The molecule has 27 heavy (non-hydrogen) atoms. The van der Waals surface area contributed by atoms with Crippen LogP contribution in [0.4, 0.5) is 18.9 Å². The Kier molecular flexibility index (Phi) is 9.30. The number of carbonyl (C=O) groups excluding carboxylic acids is 1. The highest BCUT2D eigenvalue weighted by Crippen LogP contribution is 2.25. The number of nitrogens with zero attached hydrogens (tertiary/aromatic N) is 3. The second-order valence-electron chi connectivity index (χ2n) is 6.06. The minimum atomic E-state index is -4.22. The molecular weight excluding hydrogens is 474 g/mol. The molecule has 1 fully saturated rings. The number of anilines is 1. The lowest BCUT2D eigenvalue weighted by molar-refractivity contribution is -0.181. The third-order valence-corrected chi connectivity index (χ3v) is 4.31. The quantitative estimate of drug-likeness (QED) is 0.380. The molecule has 152 valence electrons. The number of amides is 1. The van der Waals surface area contributed by atoms with Crippen molar-refractivity contribution in [3.63, 3.8) is 0 Å². The van der Waals surface area contributed by atoms with Crippen molar-refractivity contribution in [2.75, 3.05) is 45.1 Å². The molecule has 1 aliphatic rings. The van der Waals surface area contributed by atoms with Crippen LogP contribution in [-0.2, 0) is 4.79 Å². The molecule has 1 amide bonds. The van der Waals surface area contributed by atoms with Crippen molar-refractivity contribution in [2.45, 2.75) is 19.1 Å². The van der Waals surface area contributed by atoms with Crippen molar-refractivity contribution in [3.8, 4) is 0 Å². The van der Waals surface area contributed by atoms with Crippen molar-refractivity contribution < 1.29 is 18.0 Å². The summed E-state index contributed by atoms with van der Waals surface area (Å²) in [6.45, 7) is 2.62. The van der Waals surface area contributed by atoms with Crippen molar-refractivity contribution in [3.05, 3.63) is 30.3 Å². The third-order valence-electron chi connectivity index (χ3n) is 4.31. The first kappa shape index (κ1) is 23.5. The summed E-state index contributed by atoms with van der Waals surface area (Å²) >= 11 is 0. The molecule has 1 aliphatic heterocycles. The van der Waals surface area contributed by atoms with Gasteiger partial charge in [-0.3, -0.25) is 14.7 Å². The molecule has 1 unspecified atom stereocenters. The molecule has 1 atom stereocenters. The van der Waals surface area contributed by atoms with Gasteiger partial charge in [-0.2, -0.15) is 13.2 Å². The number of aliphatic imine (C=N–C) groups is 1. The van der Waals surface area contributed by atoms with E-state index < -0.39 is 12.2 Å². The van der Waals surface area contributed by atoms with Crippen molar-refractivity contribution in [1.29, 1.82) is 0 Å². The van der Waals surface area contributed by atoms with Gasteiger partial charge < -0.3 is 15.5 Å². The van der Waals surface area contributed by atoms with E-state index in [0.717, 1.165) is 0 Å². The Morgan fingerprint density at radius 1 is 1.19 bits per heavy atom. The highest BCUT2D eigenvalue weighted by Gasteiger charge is 2.41. The monoisotopic (exact) mass is 499 g/mol. The zero-order valence-corrected chi connectivity index (χ0v) is 17.6. The second kappa shape index (κ2) is 10.7. The minimum Gasteiger partial charge on any atom is -0.347 e. The molecule has 6 nitrogen and oxygen atoms in total. The summed E-state index contributed by atoms with van der Waals surface area (Å²) in [7, 11) is 1.59. The van der Waals surface area contributed by atoms with E-state index in [1.165, 1.54) is 11.8 Å². The smallest absolute Gasteiger partial charge is 0.347 e. The first-order valence-corrected chi connectivity index (χ1v) is 8.42. The van der Waals surface area contributed by atoms with Gasteiger partial charge in [0.15, 0.2) is 5.96 Å². The number of hydrogen-bond acceptors (Lipinski definition) is 3. The predicted octanol–water partition coefficient (Wildman–Crippen LogP) is 2.39. The molecule has 1 aromatic carbocycles. The number of benzene rings is 1. The standard InChI is InChI=1S/C17H24F3N5O.HI/c1-13(17(18,19)20)24-8-10-25(11-9-24)16(21-2)22-12-15(26)23-14-6-4-3-5-7-14;/h3-7,13H,8-12H2,1-2H3,(H,21,22)(H,23,26);1H. The third kappa shape index (κ3) is 7.17. The summed E-state index contributed by atoms with van der Waals surface area (Å²) in [5.74, 6) is 0.286. The molecule has 0 aliphatic carbocycles. The summed E-state index contributed by atoms with van der Waals surface area (Å²) in [4.78, 5) is 19.4. The van der Waals surface area contributed by atoms with Gasteiger partial charge >= 0.3 is 6.18 Å². The maximum absolute atomic E-state index is 12.8. The zero-order valence-electron chi connectivity index (χ0n) is 15.3. The van der Waals surface area contributed by atoms with Gasteiger partial charge in [0.05, 0.1) is 6.54 Å². The molecule has 0 saturated carbocycles. The van der Waals surface area contributed by atoms with Gasteiger partial charge in [-0.1, -0.05) is 18.2 Å². The molecule has 1 saturated heterocycles. The molecule has 0 spiro atoms. The van der Waals surface area contributed by atoms with E-state index in [1.54, 1.807) is 19.2 Å². The fourth-order valence-electron chi connectivity index (χ4n) is 2.75. The maximum atomic E-state index is 12.8. The van der Waals surface area contributed by atoms with Gasteiger partial charge in [-0.15, -0.1) is 24.0 Å². The van der Waals surface area contributed by atoms with Crippen LogP contribution < -0.4 is 10.6 Å². The molecule has 0 radical (unpaired) electrons. The Morgan fingerprint density at radius 2 is 1.78 bits per heavy atom. The summed E-state index contributed by atoms with van der Waals surface area (Å²) in [5.41, 5.74) is 0.698. The van der Waals surface area contributed by atoms with Crippen molar-refractivity contribution in [2.24, 2.45) is 4.99 Å². The molecule has 1 heterocycles. The van der Waals surface area contributed by atoms with Gasteiger partial charge in [-0.25, -0.2) is 0 Å². The van der Waals surface area contributed by atoms with Gasteiger partial charge in [0.25, 0.3) is 0 Å². The van der Waals surface area contributed by atoms with E-state index in [4.69, 9.17) is 0 Å². The average molecular weight is 499 g/mol. The van der Waals surface area contributed by atoms with Crippen LogP contribution >= 0.6 is 24.0 Å². The van der Waals surface area contributed by atoms with E-state index in [1.807, 2.05) is 23.1 Å². The largest absolute Gasteiger partial charge is 0.403 e. The highest BCUT2D eigenvalue weighted by atomic mass is 127. The number of guanidine groups is 1. The van der Waals surface area contributed by atoms with E-state index in [9.17, 15) is 18.0 Å². The number of para-hydroxylation sites is 1. The maximum Gasteiger partial charge on any atom is 0.403 e. The van der Waals surface area contributed by atoms with Crippen LogP contribution in [0.2, 0.25) is 0 Å². The fraction of sp³-hybridized carbons (Fsp3) is 0.529. The molecule has 0 bridgehead atoms. The SMILES string of the molecule is CN=C(NCC(=O)Nc1ccccc1)N1CCN(C(C)C(F)(F)F)CC1.I. The summed E-state index contributed by atoms with van der Waals surface area (Å²) in [6.07, 6.45) is -4.22. The minimum absolute atomic E-state index is 0. The van der Waals surface area contributed by atoms with Crippen LogP contribution in [0.25, 0.3) is 0 Å². The van der Waals surface area contributed by atoms with E-state index in [0.29, 0.717) is 24.7 Å². The fourth-order valence-corrected chi connectivity index (χ4v) is 2.75. The van der Waals surface area contributed by atoms with E-state index in [-0.39, 0.29) is 49.5 Å². The highest BCUT2D eigenvalue weighted by molar-refractivity contribution is 14.0. The Balaban J connectivity index is 0.00000364. The second-order valence-corrected chi connectivity index (χ2v) is 6.06. The number of nitrogens with one attached hydrogen (secondary N) is 2. The molecule has 2 N–H and O–H groups in total. The number of hydrogen-bond donors (Lipinski definition) is 2. The number of halogens is 4. The first-order valence-electron chi connectivity index (χ1n) is 8.42. The lowest BCUT2D eigenvalue weighted by atomic mass is 10.2. The molecule has 10 heteroatoms. The Hall–Kier alpha value is -1.56. The Labute approximate surface area is 174 Å². The average Bonchev–Trinajstić information content (AvgIpc) is 2.62. The summed E-state index contributed by atoms with van der Waals surface area (Å²) in [6, 6.07) is 7.61. The van der Waals surface area contributed by atoms with E-state index in [2.05, 4.69) is 15.6 Å². The number of carbonyl (C=O) groups is 1. The number of alkyl halides is 3. The van der Waals surface area contributed by atoms with Gasteiger partial charge in [0.1, 0.15) is 6.04 Å². The molecule has 1 aromatic rings. The zero-order chi connectivity index (χ0) is 19.2. The van der Waals surface area contributed by atoms with Gasteiger partial charge in [0, 0.05) is 38.9 Å². The predicted molar refractivity (Wildman–Crippen MR) is 111 cm³/mol. The van der Waals surface area contributed by atoms with Crippen molar-refractivity contribution in [1.82, 2.24) is 15.1 Å². The Morgan fingerprint density at radius 3 is 2.30 bits per heavy atom. The van der Waals surface area contributed by atoms with E-state index >= 15 is 0 Å².